The van der Waals surface area contributed by atoms with E-state index in [4.69, 9.17) is 0 Å². The molecular weight excluding hydrogens is 241 g/mol. The zero-order chi connectivity index (χ0) is 12.1. The Morgan fingerprint density at radius 2 is 2.06 bits per heavy atom. The van der Waals surface area contributed by atoms with Gasteiger partial charge in [-0.05, 0) is 6.42 Å². The number of hydrogen-bond acceptors (Lipinski definition) is 3. The second-order valence-electron chi connectivity index (χ2n) is 3.15. The lowest BCUT2D eigenvalue weighted by Gasteiger charge is -2.06. The Kier molecular flexibility index (Phi) is 4.72. The zero-order valence-electron chi connectivity index (χ0n) is 8.60. The summed E-state index contributed by atoms with van der Waals surface area (Å²) in [6.07, 6.45) is 2.08. The first-order chi connectivity index (χ1) is 7.50. The standard InChI is InChI=1S/C9H11F3N2OS/c1-16(15)4-2-3-13-9-7(11)5-6(10)8(12)14-9/h5H,2-4H2,1H3,(H,13,14). The van der Waals surface area contributed by atoms with Crippen molar-refractivity contribution in [2.75, 3.05) is 23.9 Å². The van der Waals surface area contributed by atoms with Gasteiger partial charge in [0.05, 0.1) is 0 Å². The van der Waals surface area contributed by atoms with Gasteiger partial charge in [-0.15, -0.1) is 0 Å². The monoisotopic (exact) mass is 252 g/mol. The molecular formula is C9H11F3N2OS. The van der Waals surface area contributed by atoms with E-state index < -0.39 is 28.4 Å². The van der Waals surface area contributed by atoms with Crippen LogP contribution in [0, 0.1) is 17.6 Å². The van der Waals surface area contributed by atoms with Crippen LogP contribution in [0.3, 0.4) is 0 Å². The fourth-order valence-electron chi connectivity index (χ4n) is 1.05. The van der Waals surface area contributed by atoms with Gasteiger partial charge in [-0.3, -0.25) is 4.21 Å². The van der Waals surface area contributed by atoms with Crippen LogP contribution in [0.15, 0.2) is 6.07 Å². The smallest absolute Gasteiger partial charge is 0.251 e. The number of nitrogens with zero attached hydrogens (tertiary/aromatic N) is 1. The molecule has 0 spiro atoms. The van der Waals surface area contributed by atoms with E-state index in [9.17, 15) is 17.4 Å². The molecule has 0 fully saturated rings. The lowest BCUT2D eigenvalue weighted by atomic mass is 10.4. The van der Waals surface area contributed by atoms with Gasteiger partial charge in [-0.25, -0.2) is 8.78 Å². The largest absolute Gasteiger partial charge is 0.368 e. The van der Waals surface area contributed by atoms with Crippen LogP contribution in [0.1, 0.15) is 6.42 Å². The van der Waals surface area contributed by atoms with Gasteiger partial charge in [0, 0.05) is 35.4 Å². The van der Waals surface area contributed by atoms with Gasteiger partial charge >= 0.3 is 0 Å². The highest BCUT2D eigenvalue weighted by Gasteiger charge is 2.10. The highest BCUT2D eigenvalue weighted by molar-refractivity contribution is 7.84. The molecule has 0 saturated carbocycles. The van der Waals surface area contributed by atoms with E-state index in [1.165, 1.54) is 0 Å². The summed E-state index contributed by atoms with van der Waals surface area (Å²) in [4.78, 5) is 3.09. The summed E-state index contributed by atoms with van der Waals surface area (Å²) in [6, 6.07) is 0.433. The Morgan fingerprint density at radius 3 is 2.69 bits per heavy atom. The van der Waals surface area contributed by atoms with Crippen molar-refractivity contribution in [3.8, 4) is 0 Å². The third-order valence-corrected chi connectivity index (χ3v) is 2.65. The van der Waals surface area contributed by atoms with E-state index in [-0.39, 0.29) is 5.82 Å². The summed E-state index contributed by atoms with van der Waals surface area (Å²) in [6.45, 7) is 0.300. The van der Waals surface area contributed by atoms with Crippen LogP contribution in [0.2, 0.25) is 0 Å². The molecule has 90 valence electrons. The molecule has 0 radical (unpaired) electrons. The van der Waals surface area contributed by atoms with Crippen LogP contribution in [0.25, 0.3) is 0 Å². The van der Waals surface area contributed by atoms with E-state index in [1.807, 2.05) is 0 Å². The topological polar surface area (TPSA) is 42.0 Å². The zero-order valence-corrected chi connectivity index (χ0v) is 9.41. The molecule has 0 amide bonds. The molecule has 1 aromatic heterocycles. The number of anilines is 1. The molecule has 1 aromatic rings. The molecule has 1 heterocycles. The maximum Gasteiger partial charge on any atom is 0.251 e. The van der Waals surface area contributed by atoms with Crippen LogP contribution >= 0.6 is 0 Å². The Morgan fingerprint density at radius 1 is 1.38 bits per heavy atom. The van der Waals surface area contributed by atoms with E-state index >= 15 is 0 Å². The van der Waals surface area contributed by atoms with Crippen LogP contribution in [0.5, 0.6) is 0 Å². The van der Waals surface area contributed by atoms with Crippen LogP contribution < -0.4 is 5.32 Å². The summed E-state index contributed by atoms with van der Waals surface area (Å²) in [5.41, 5.74) is 0. The van der Waals surface area contributed by atoms with Crippen LogP contribution in [-0.2, 0) is 10.8 Å². The molecule has 3 nitrogen and oxygen atoms in total. The van der Waals surface area contributed by atoms with Crippen molar-refractivity contribution in [2.45, 2.75) is 6.42 Å². The van der Waals surface area contributed by atoms with Crippen molar-refractivity contribution >= 4 is 16.6 Å². The van der Waals surface area contributed by atoms with Crippen molar-refractivity contribution in [2.24, 2.45) is 0 Å². The summed E-state index contributed by atoms with van der Waals surface area (Å²) in [5.74, 6) is -3.49. The number of nitrogens with one attached hydrogen (secondary N) is 1. The third-order valence-electron chi connectivity index (χ3n) is 1.79. The van der Waals surface area contributed by atoms with Gasteiger partial charge in [-0.2, -0.15) is 9.37 Å². The second kappa shape index (κ2) is 5.83. The Balaban J connectivity index is 2.54. The highest BCUT2D eigenvalue weighted by atomic mass is 32.2. The Labute approximate surface area is 93.5 Å². The maximum atomic E-state index is 13.0. The van der Waals surface area contributed by atoms with E-state index in [1.54, 1.807) is 6.26 Å². The molecule has 1 N–H and O–H groups in total. The molecule has 0 aromatic carbocycles. The van der Waals surface area contributed by atoms with Gasteiger partial charge in [0.2, 0.25) is 0 Å². The van der Waals surface area contributed by atoms with Crippen molar-refractivity contribution in [1.82, 2.24) is 4.98 Å². The first kappa shape index (κ1) is 13.0. The number of pyridine rings is 1. The molecule has 0 aliphatic rings. The molecule has 0 bridgehead atoms. The molecule has 16 heavy (non-hydrogen) atoms. The average Bonchev–Trinajstić information content (AvgIpc) is 2.19. The SMILES string of the molecule is CS(=O)CCCNc1nc(F)c(F)cc1F. The van der Waals surface area contributed by atoms with Gasteiger partial charge < -0.3 is 5.32 Å². The number of hydrogen-bond donors (Lipinski definition) is 1. The van der Waals surface area contributed by atoms with Crippen molar-refractivity contribution < 1.29 is 17.4 Å². The molecule has 1 unspecified atom stereocenters. The number of rotatable bonds is 5. The molecule has 1 rings (SSSR count). The first-order valence-corrected chi connectivity index (χ1v) is 6.29. The van der Waals surface area contributed by atoms with Crippen LogP contribution in [-0.4, -0.2) is 27.7 Å². The highest BCUT2D eigenvalue weighted by Crippen LogP contribution is 2.13. The summed E-state index contributed by atoms with van der Waals surface area (Å²) < 4.78 is 48.9. The fourth-order valence-corrected chi connectivity index (χ4v) is 1.60. The number of halogens is 3. The van der Waals surface area contributed by atoms with Gasteiger partial charge in [0.1, 0.15) is 0 Å². The second-order valence-corrected chi connectivity index (χ2v) is 4.70. The summed E-state index contributed by atoms with van der Waals surface area (Å²) in [7, 11) is -0.925. The van der Waals surface area contributed by atoms with Gasteiger partial charge in [0.15, 0.2) is 17.5 Å². The molecule has 0 aliphatic carbocycles. The predicted molar refractivity (Wildman–Crippen MR) is 56.2 cm³/mol. The summed E-state index contributed by atoms with van der Waals surface area (Å²) in [5, 5.41) is 2.51. The minimum absolute atomic E-state index is 0.300. The molecule has 0 aliphatic heterocycles. The normalized spacial score (nSPS) is 12.5. The Hall–Kier alpha value is -1.11. The number of aromatic nitrogens is 1. The lowest BCUT2D eigenvalue weighted by Crippen LogP contribution is -2.10. The predicted octanol–water partition coefficient (Wildman–Crippen LogP) is 1.68. The van der Waals surface area contributed by atoms with E-state index in [2.05, 4.69) is 10.3 Å². The van der Waals surface area contributed by atoms with E-state index in [0.717, 1.165) is 0 Å². The minimum Gasteiger partial charge on any atom is -0.368 e. The quantitative estimate of drug-likeness (QED) is 0.640. The summed E-state index contributed by atoms with van der Waals surface area (Å²) >= 11 is 0. The maximum absolute atomic E-state index is 13.0. The molecule has 0 saturated heterocycles. The first-order valence-electron chi connectivity index (χ1n) is 4.56. The van der Waals surface area contributed by atoms with Gasteiger partial charge in [-0.1, -0.05) is 0 Å². The lowest BCUT2D eigenvalue weighted by molar-refractivity contribution is 0.466. The fraction of sp³-hybridized carbons (Fsp3) is 0.444. The minimum atomic E-state index is -1.34. The van der Waals surface area contributed by atoms with Crippen molar-refractivity contribution in [3.05, 3.63) is 23.6 Å². The third kappa shape index (κ3) is 3.80. The average molecular weight is 252 g/mol. The Bertz CT molecular complexity index is 401. The van der Waals surface area contributed by atoms with E-state index in [0.29, 0.717) is 24.8 Å². The van der Waals surface area contributed by atoms with Crippen LogP contribution in [0.4, 0.5) is 19.0 Å². The van der Waals surface area contributed by atoms with Crippen molar-refractivity contribution in [3.63, 3.8) is 0 Å². The molecule has 1 atom stereocenters. The van der Waals surface area contributed by atoms with Crippen molar-refractivity contribution in [1.29, 1.82) is 0 Å². The molecule has 7 heteroatoms. The van der Waals surface area contributed by atoms with Gasteiger partial charge in [0.25, 0.3) is 5.95 Å².